The zero-order valence-corrected chi connectivity index (χ0v) is 15.6. The summed E-state index contributed by atoms with van der Waals surface area (Å²) in [6.45, 7) is 4.92. The van der Waals surface area contributed by atoms with Gasteiger partial charge in [0.25, 0.3) is 0 Å². The summed E-state index contributed by atoms with van der Waals surface area (Å²) in [5.41, 5.74) is 6.86. The molecule has 0 aliphatic carbocycles. The largest absolute Gasteiger partial charge is 0.381 e. The molecule has 140 valence electrons. The number of carbonyl (C=O) groups is 1. The molecule has 1 amide bonds. The van der Waals surface area contributed by atoms with Gasteiger partial charge in [-0.1, -0.05) is 24.3 Å². The SMILES string of the molecule is CC(C)NS(=O)(=O)Cc1ccc(CNC(=O)C2(N)CCOCC2)cc1. The Balaban J connectivity index is 1.89. The molecule has 8 heteroatoms. The molecule has 1 fully saturated rings. The van der Waals surface area contributed by atoms with Gasteiger partial charge in [0, 0.05) is 25.8 Å². The molecule has 0 radical (unpaired) electrons. The van der Waals surface area contributed by atoms with Crippen molar-refractivity contribution < 1.29 is 17.9 Å². The molecule has 2 rings (SSSR count). The Kier molecular flexibility index (Phi) is 6.56. The fourth-order valence-electron chi connectivity index (χ4n) is 2.69. The molecule has 7 nitrogen and oxygen atoms in total. The zero-order valence-electron chi connectivity index (χ0n) is 14.7. The number of hydrogen-bond donors (Lipinski definition) is 3. The van der Waals surface area contributed by atoms with Crippen molar-refractivity contribution in [2.45, 2.75) is 50.6 Å². The van der Waals surface area contributed by atoms with E-state index in [1.54, 1.807) is 26.0 Å². The second-order valence-corrected chi connectivity index (χ2v) is 8.55. The van der Waals surface area contributed by atoms with Gasteiger partial charge in [0.05, 0.1) is 11.3 Å². The average Bonchev–Trinajstić information content (AvgIpc) is 2.53. The highest BCUT2D eigenvalue weighted by Gasteiger charge is 2.35. The summed E-state index contributed by atoms with van der Waals surface area (Å²) in [6.07, 6.45) is 1.02. The first-order chi connectivity index (χ1) is 11.7. The number of ether oxygens (including phenoxy) is 1. The highest BCUT2D eigenvalue weighted by Crippen LogP contribution is 2.18. The number of benzene rings is 1. The molecule has 1 saturated heterocycles. The van der Waals surface area contributed by atoms with E-state index in [0.29, 0.717) is 38.2 Å². The summed E-state index contributed by atoms with van der Waals surface area (Å²) in [7, 11) is -3.34. The number of amides is 1. The molecule has 0 aromatic heterocycles. The Hall–Kier alpha value is -1.48. The van der Waals surface area contributed by atoms with Crippen LogP contribution in [0.15, 0.2) is 24.3 Å². The Morgan fingerprint density at radius 2 is 1.76 bits per heavy atom. The molecule has 0 bridgehead atoms. The maximum absolute atomic E-state index is 12.3. The molecular formula is C17H27N3O4S. The molecule has 1 aliphatic heterocycles. The van der Waals surface area contributed by atoms with Crippen molar-refractivity contribution in [2.24, 2.45) is 5.73 Å². The van der Waals surface area contributed by atoms with E-state index < -0.39 is 15.6 Å². The third-order valence-electron chi connectivity index (χ3n) is 4.09. The van der Waals surface area contributed by atoms with Crippen LogP contribution in [0.4, 0.5) is 0 Å². The lowest BCUT2D eigenvalue weighted by Crippen LogP contribution is -2.56. The normalized spacial score (nSPS) is 17.4. The molecule has 1 heterocycles. The van der Waals surface area contributed by atoms with Crippen LogP contribution in [0.1, 0.15) is 37.8 Å². The van der Waals surface area contributed by atoms with E-state index in [2.05, 4.69) is 10.0 Å². The van der Waals surface area contributed by atoms with Gasteiger partial charge in [-0.25, -0.2) is 13.1 Å². The van der Waals surface area contributed by atoms with Gasteiger partial charge in [0.1, 0.15) is 0 Å². The summed E-state index contributed by atoms with van der Waals surface area (Å²) in [5.74, 6) is -0.243. The third-order valence-corrected chi connectivity index (χ3v) is 5.63. The third kappa shape index (κ3) is 6.07. The van der Waals surface area contributed by atoms with Crippen molar-refractivity contribution in [2.75, 3.05) is 13.2 Å². The second-order valence-electron chi connectivity index (χ2n) is 6.80. The molecule has 4 N–H and O–H groups in total. The minimum absolute atomic E-state index is 0.0657. The van der Waals surface area contributed by atoms with Crippen LogP contribution >= 0.6 is 0 Å². The number of sulfonamides is 1. The van der Waals surface area contributed by atoms with E-state index in [1.165, 1.54) is 0 Å². The number of carbonyl (C=O) groups excluding carboxylic acids is 1. The lowest BCUT2D eigenvalue weighted by Gasteiger charge is -2.31. The minimum atomic E-state index is -3.34. The van der Waals surface area contributed by atoms with Crippen molar-refractivity contribution in [1.82, 2.24) is 10.0 Å². The molecule has 25 heavy (non-hydrogen) atoms. The highest BCUT2D eigenvalue weighted by molar-refractivity contribution is 7.88. The maximum Gasteiger partial charge on any atom is 0.240 e. The highest BCUT2D eigenvalue weighted by atomic mass is 32.2. The number of nitrogens with two attached hydrogens (primary N) is 1. The zero-order chi connectivity index (χ0) is 18.5. The Labute approximate surface area is 149 Å². The van der Waals surface area contributed by atoms with Crippen LogP contribution < -0.4 is 15.8 Å². The lowest BCUT2D eigenvalue weighted by atomic mass is 9.90. The van der Waals surface area contributed by atoms with Gasteiger partial charge in [0.15, 0.2) is 0 Å². The summed E-state index contributed by atoms with van der Waals surface area (Å²) < 4.78 is 31.7. The summed E-state index contributed by atoms with van der Waals surface area (Å²) in [4.78, 5) is 12.3. The van der Waals surface area contributed by atoms with Crippen LogP contribution in [0, 0.1) is 0 Å². The summed E-state index contributed by atoms with van der Waals surface area (Å²) in [5, 5.41) is 2.85. The fourth-order valence-corrected chi connectivity index (χ4v) is 4.13. The minimum Gasteiger partial charge on any atom is -0.381 e. The van der Waals surface area contributed by atoms with Gasteiger partial charge in [0.2, 0.25) is 15.9 Å². The summed E-state index contributed by atoms with van der Waals surface area (Å²) in [6, 6.07) is 7.01. The maximum atomic E-state index is 12.3. The second kappa shape index (κ2) is 8.27. The first kappa shape index (κ1) is 19.8. The molecule has 0 atom stereocenters. The van der Waals surface area contributed by atoms with Crippen LogP contribution in [0.3, 0.4) is 0 Å². The van der Waals surface area contributed by atoms with E-state index in [-0.39, 0.29) is 17.7 Å². The van der Waals surface area contributed by atoms with Crippen LogP contribution in [0.5, 0.6) is 0 Å². The summed E-state index contributed by atoms with van der Waals surface area (Å²) >= 11 is 0. The monoisotopic (exact) mass is 369 g/mol. The van der Waals surface area contributed by atoms with E-state index in [4.69, 9.17) is 10.5 Å². The Bertz CT molecular complexity index is 680. The predicted molar refractivity (Wildman–Crippen MR) is 96.2 cm³/mol. The molecule has 0 saturated carbocycles. The van der Waals surface area contributed by atoms with Crippen LogP contribution in [-0.2, 0) is 31.9 Å². The average molecular weight is 369 g/mol. The van der Waals surface area contributed by atoms with Crippen LogP contribution in [0.25, 0.3) is 0 Å². The van der Waals surface area contributed by atoms with E-state index in [9.17, 15) is 13.2 Å². The number of nitrogens with one attached hydrogen (secondary N) is 2. The van der Waals surface area contributed by atoms with Gasteiger partial charge in [-0.2, -0.15) is 0 Å². The van der Waals surface area contributed by atoms with Crippen LogP contribution in [-0.4, -0.2) is 39.1 Å². The van der Waals surface area contributed by atoms with Gasteiger partial charge >= 0.3 is 0 Å². The standard InChI is InChI=1S/C17H27N3O4S/c1-13(2)20-25(22,23)12-15-5-3-14(4-6-15)11-19-16(21)17(18)7-9-24-10-8-17/h3-6,13,20H,7-12,18H2,1-2H3,(H,19,21). The Morgan fingerprint density at radius 3 is 2.32 bits per heavy atom. The molecule has 1 aromatic rings. The number of rotatable bonds is 7. The van der Waals surface area contributed by atoms with Crippen molar-refractivity contribution in [3.8, 4) is 0 Å². The molecule has 0 spiro atoms. The predicted octanol–water partition coefficient (Wildman–Crippen LogP) is 0.639. The Morgan fingerprint density at radius 1 is 1.20 bits per heavy atom. The van der Waals surface area contributed by atoms with Crippen LogP contribution in [0.2, 0.25) is 0 Å². The van der Waals surface area contributed by atoms with Gasteiger partial charge in [-0.3, -0.25) is 4.79 Å². The molecule has 0 unspecified atom stereocenters. The lowest BCUT2D eigenvalue weighted by molar-refractivity contribution is -0.129. The van der Waals surface area contributed by atoms with Crippen molar-refractivity contribution >= 4 is 15.9 Å². The smallest absolute Gasteiger partial charge is 0.240 e. The van der Waals surface area contributed by atoms with Gasteiger partial charge in [-0.15, -0.1) is 0 Å². The first-order valence-corrected chi connectivity index (χ1v) is 10.1. The quantitative estimate of drug-likeness (QED) is 0.653. The van der Waals surface area contributed by atoms with Crippen molar-refractivity contribution in [1.29, 1.82) is 0 Å². The van der Waals surface area contributed by atoms with Crippen molar-refractivity contribution in [3.63, 3.8) is 0 Å². The van der Waals surface area contributed by atoms with Gasteiger partial charge < -0.3 is 15.8 Å². The fraction of sp³-hybridized carbons (Fsp3) is 0.588. The molecule has 1 aliphatic rings. The molecule has 1 aromatic carbocycles. The van der Waals surface area contributed by atoms with E-state index >= 15 is 0 Å². The topological polar surface area (TPSA) is 111 Å². The van der Waals surface area contributed by atoms with E-state index in [0.717, 1.165) is 5.56 Å². The van der Waals surface area contributed by atoms with E-state index in [1.807, 2.05) is 12.1 Å². The van der Waals surface area contributed by atoms with Crippen molar-refractivity contribution in [3.05, 3.63) is 35.4 Å². The number of hydrogen-bond acceptors (Lipinski definition) is 5. The molecular weight excluding hydrogens is 342 g/mol. The first-order valence-electron chi connectivity index (χ1n) is 8.43. The van der Waals surface area contributed by atoms with Gasteiger partial charge in [-0.05, 0) is 37.8 Å².